The van der Waals surface area contributed by atoms with Crippen LogP contribution in [-0.2, 0) is 0 Å². The molecule has 0 spiro atoms. The van der Waals surface area contributed by atoms with Crippen molar-refractivity contribution in [3.05, 3.63) is 35.6 Å². The molecule has 3 nitrogen and oxygen atoms in total. The highest BCUT2D eigenvalue weighted by Crippen LogP contribution is 2.02. The SMILES string of the molecule is CNCC(C)CNC(=O)c1ccc(F)cc1. The van der Waals surface area contributed by atoms with E-state index in [-0.39, 0.29) is 11.7 Å². The summed E-state index contributed by atoms with van der Waals surface area (Å²) < 4.78 is 12.6. The molecule has 1 aromatic carbocycles. The molecule has 2 N–H and O–H groups in total. The van der Waals surface area contributed by atoms with Crippen molar-refractivity contribution in [3.63, 3.8) is 0 Å². The Morgan fingerprint density at radius 2 is 1.94 bits per heavy atom. The lowest BCUT2D eigenvalue weighted by atomic mass is 10.1. The lowest BCUT2D eigenvalue weighted by molar-refractivity contribution is 0.0948. The van der Waals surface area contributed by atoms with Crippen LogP contribution in [0.2, 0.25) is 0 Å². The van der Waals surface area contributed by atoms with Gasteiger partial charge in [-0.25, -0.2) is 4.39 Å². The number of nitrogens with one attached hydrogen (secondary N) is 2. The van der Waals surface area contributed by atoms with Crippen LogP contribution in [0.1, 0.15) is 17.3 Å². The van der Waals surface area contributed by atoms with E-state index in [9.17, 15) is 9.18 Å². The molecule has 1 unspecified atom stereocenters. The topological polar surface area (TPSA) is 41.1 Å². The second-order valence-electron chi connectivity index (χ2n) is 3.88. The Hall–Kier alpha value is -1.42. The van der Waals surface area contributed by atoms with Gasteiger partial charge in [0.15, 0.2) is 0 Å². The van der Waals surface area contributed by atoms with Crippen molar-refractivity contribution in [2.45, 2.75) is 6.92 Å². The van der Waals surface area contributed by atoms with Crippen molar-refractivity contribution in [2.75, 3.05) is 20.1 Å². The van der Waals surface area contributed by atoms with Crippen LogP contribution in [0, 0.1) is 11.7 Å². The summed E-state index contributed by atoms with van der Waals surface area (Å²) in [4.78, 5) is 11.6. The highest BCUT2D eigenvalue weighted by molar-refractivity contribution is 5.94. The molecule has 0 saturated carbocycles. The zero-order chi connectivity index (χ0) is 12.0. The summed E-state index contributed by atoms with van der Waals surface area (Å²) in [6.45, 7) is 3.50. The van der Waals surface area contributed by atoms with Gasteiger partial charge >= 0.3 is 0 Å². The molecule has 1 aromatic rings. The quantitative estimate of drug-likeness (QED) is 0.794. The summed E-state index contributed by atoms with van der Waals surface area (Å²) >= 11 is 0. The minimum Gasteiger partial charge on any atom is -0.352 e. The summed E-state index contributed by atoms with van der Waals surface area (Å²) in [5, 5.41) is 5.84. The van der Waals surface area contributed by atoms with Crippen molar-refractivity contribution in [3.8, 4) is 0 Å². The van der Waals surface area contributed by atoms with Crippen LogP contribution in [0.5, 0.6) is 0 Å². The van der Waals surface area contributed by atoms with E-state index in [0.717, 1.165) is 6.54 Å². The van der Waals surface area contributed by atoms with E-state index in [1.807, 2.05) is 14.0 Å². The molecule has 88 valence electrons. The Bertz CT molecular complexity index is 337. The Morgan fingerprint density at radius 1 is 1.31 bits per heavy atom. The maximum atomic E-state index is 12.6. The van der Waals surface area contributed by atoms with Crippen LogP contribution >= 0.6 is 0 Å². The number of benzene rings is 1. The van der Waals surface area contributed by atoms with Gasteiger partial charge in [-0.3, -0.25) is 4.79 Å². The minimum absolute atomic E-state index is 0.164. The number of carbonyl (C=O) groups is 1. The third kappa shape index (κ3) is 3.98. The maximum absolute atomic E-state index is 12.6. The third-order valence-corrected chi connectivity index (χ3v) is 2.27. The molecule has 0 saturated heterocycles. The average Bonchev–Trinajstić information content (AvgIpc) is 2.27. The normalized spacial score (nSPS) is 12.2. The molecule has 1 amide bonds. The molecule has 0 aliphatic rings. The summed E-state index contributed by atoms with van der Waals surface area (Å²) in [5.41, 5.74) is 0.484. The molecule has 4 heteroatoms. The van der Waals surface area contributed by atoms with Crippen LogP contribution in [0.15, 0.2) is 24.3 Å². The fourth-order valence-electron chi connectivity index (χ4n) is 1.39. The zero-order valence-electron chi connectivity index (χ0n) is 9.59. The molecule has 1 rings (SSSR count). The fraction of sp³-hybridized carbons (Fsp3) is 0.417. The van der Waals surface area contributed by atoms with Crippen molar-refractivity contribution in [2.24, 2.45) is 5.92 Å². The Kier molecular flexibility index (Phi) is 4.92. The summed E-state index contributed by atoms with van der Waals surface area (Å²) in [6, 6.07) is 5.53. The molecular formula is C12H17FN2O. The van der Waals surface area contributed by atoms with Crippen LogP contribution in [0.4, 0.5) is 4.39 Å². The fourth-order valence-corrected chi connectivity index (χ4v) is 1.39. The molecule has 16 heavy (non-hydrogen) atoms. The summed E-state index contributed by atoms with van der Waals surface area (Å²) in [5.74, 6) is -0.127. The monoisotopic (exact) mass is 224 g/mol. The van der Waals surface area contributed by atoms with Crippen LogP contribution in [0.25, 0.3) is 0 Å². The average molecular weight is 224 g/mol. The van der Waals surface area contributed by atoms with E-state index >= 15 is 0 Å². The number of hydrogen-bond acceptors (Lipinski definition) is 2. The van der Waals surface area contributed by atoms with Gasteiger partial charge in [-0.2, -0.15) is 0 Å². The molecular weight excluding hydrogens is 207 g/mol. The standard InChI is InChI=1S/C12H17FN2O/c1-9(7-14-2)8-15-12(16)10-3-5-11(13)6-4-10/h3-6,9,14H,7-8H2,1-2H3,(H,15,16). The van der Waals surface area contributed by atoms with E-state index < -0.39 is 0 Å². The first-order chi connectivity index (χ1) is 7.63. The molecule has 0 radical (unpaired) electrons. The number of hydrogen-bond donors (Lipinski definition) is 2. The Morgan fingerprint density at radius 3 is 2.50 bits per heavy atom. The minimum atomic E-state index is -0.333. The van der Waals surface area contributed by atoms with E-state index in [1.54, 1.807) is 0 Å². The van der Waals surface area contributed by atoms with E-state index in [2.05, 4.69) is 10.6 Å². The van der Waals surface area contributed by atoms with Crippen molar-refractivity contribution in [1.82, 2.24) is 10.6 Å². The van der Waals surface area contributed by atoms with E-state index in [1.165, 1.54) is 24.3 Å². The second-order valence-corrected chi connectivity index (χ2v) is 3.88. The number of carbonyl (C=O) groups excluding carboxylic acids is 1. The highest BCUT2D eigenvalue weighted by atomic mass is 19.1. The molecule has 0 aliphatic carbocycles. The third-order valence-electron chi connectivity index (χ3n) is 2.27. The lowest BCUT2D eigenvalue weighted by Gasteiger charge is -2.11. The molecule has 0 heterocycles. The molecule has 0 aromatic heterocycles. The van der Waals surface area contributed by atoms with Crippen LogP contribution in [0.3, 0.4) is 0 Å². The van der Waals surface area contributed by atoms with Crippen LogP contribution in [-0.4, -0.2) is 26.0 Å². The van der Waals surface area contributed by atoms with E-state index in [4.69, 9.17) is 0 Å². The van der Waals surface area contributed by atoms with E-state index in [0.29, 0.717) is 18.0 Å². The summed E-state index contributed by atoms with van der Waals surface area (Å²) in [7, 11) is 1.87. The van der Waals surface area contributed by atoms with Gasteiger partial charge < -0.3 is 10.6 Å². The van der Waals surface area contributed by atoms with Gasteiger partial charge in [-0.05, 0) is 43.8 Å². The van der Waals surface area contributed by atoms with Gasteiger partial charge in [0.1, 0.15) is 5.82 Å². The number of rotatable bonds is 5. The zero-order valence-corrected chi connectivity index (χ0v) is 9.59. The van der Waals surface area contributed by atoms with Crippen LogP contribution < -0.4 is 10.6 Å². The first kappa shape index (κ1) is 12.6. The predicted molar refractivity (Wildman–Crippen MR) is 61.8 cm³/mol. The van der Waals surface area contributed by atoms with Gasteiger partial charge in [0.2, 0.25) is 0 Å². The largest absolute Gasteiger partial charge is 0.352 e. The smallest absolute Gasteiger partial charge is 0.251 e. The Labute approximate surface area is 95.0 Å². The van der Waals surface area contributed by atoms with Gasteiger partial charge in [0, 0.05) is 12.1 Å². The van der Waals surface area contributed by atoms with Crippen molar-refractivity contribution in [1.29, 1.82) is 0 Å². The Balaban J connectivity index is 2.43. The van der Waals surface area contributed by atoms with Gasteiger partial charge in [0.25, 0.3) is 5.91 Å². The number of amides is 1. The van der Waals surface area contributed by atoms with Gasteiger partial charge in [0.05, 0.1) is 0 Å². The second kappa shape index (κ2) is 6.23. The molecule has 0 bridgehead atoms. The molecule has 0 fully saturated rings. The predicted octanol–water partition coefficient (Wildman–Crippen LogP) is 1.41. The molecule has 0 aliphatic heterocycles. The number of halogens is 1. The van der Waals surface area contributed by atoms with Crippen molar-refractivity contribution >= 4 is 5.91 Å². The highest BCUT2D eigenvalue weighted by Gasteiger charge is 2.07. The first-order valence-electron chi connectivity index (χ1n) is 5.32. The van der Waals surface area contributed by atoms with Gasteiger partial charge in [-0.1, -0.05) is 6.92 Å². The first-order valence-corrected chi connectivity index (χ1v) is 5.32. The summed E-state index contributed by atoms with van der Waals surface area (Å²) in [6.07, 6.45) is 0. The van der Waals surface area contributed by atoms with Crippen molar-refractivity contribution < 1.29 is 9.18 Å². The maximum Gasteiger partial charge on any atom is 0.251 e. The molecule has 1 atom stereocenters. The van der Waals surface area contributed by atoms with Gasteiger partial charge in [-0.15, -0.1) is 0 Å². The lowest BCUT2D eigenvalue weighted by Crippen LogP contribution is -2.32.